The smallest absolute Gasteiger partial charge is 0.289 e. The SMILES string of the molecule is O=C(c1ccnc(N2CCN(C(=O)c3ccco3)CC2)c1)N1CCCCC1. The van der Waals surface area contributed by atoms with Crippen LogP contribution in [-0.4, -0.2) is 65.9 Å². The van der Waals surface area contributed by atoms with Crippen LogP contribution in [0.1, 0.15) is 40.2 Å². The summed E-state index contributed by atoms with van der Waals surface area (Å²) in [5.74, 6) is 1.17. The molecule has 7 nitrogen and oxygen atoms in total. The molecule has 7 heteroatoms. The standard InChI is InChI=1S/C20H24N4O3/c25-19(23-8-2-1-3-9-23)16-6-7-21-18(15-16)22-10-12-24(13-11-22)20(26)17-5-4-14-27-17/h4-7,14-15H,1-3,8-13H2. The van der Waals surface area contributed by atoms with E-state index in [4.69, 9.17) is 4.42 Å². The van der Waals surface area contributed by atoms with E-state index >= 15 is 0 Å². The molecule has 0 N–H and O–H groups in total. The first-order valence-corrected chi connectivity index (χ1v) is 9.55. The maximum Gasteiger partial charge on any atom is 0.289 e. The molecular weight excluding hydrogens is 344 g/mol. The number of piperidine rings is 1. The third-order valence-electron chi connectivity index (χ3n) is 5.26. The second kappa shape index (κ2) is 7.82. The van der Waals surface area contributed by atoms with Gasteiger partial charge in [0.15, 0.2) is 5.76 Å². The summed E-state index contributed by atoms with van der Waals surface area (Å²) in [6.07, 6.45) is 6.57. The number of hydrogen-bond acceptors (Lipinski definition) is 5. The molecule has 0 unspecified atom stereocenters. The Bertz CT molecular complexity index is 791. The number of carbonyl (C=O) groups excluding carboxylic acids is 2. The van der Waals surface area contributed by atoms with Crippen LogP contribution in [-0.2, 0) is 0 Å². The summed E-state index contributed by atoms with van der Waals surface area (Å²) in [7, 11) is 0. The van der Waals surface area contributed by atoms with Gasteiger partial charge in [-0.3, -0.25) is 9.59 Å². The van der Waals surface area contributed by atoms with Crippen molar-refractivity contribution in [3.63, 3.8) is 0 Å². The molecule has 27 heavy (non-hydrogen) atoms. The highest BCUT2D eigenvalue weighted by atomic mass is 16.3. The second-order valence-corrected chi connectivity index (χ2v) is 7.01. The van der Waals surface area contributed by atoms with Gasteiger partial charge in [0.1, 0.15) is 5.82 Å². The molecule has 4 rings (SSSR count). The fourth-order valence-corrected chi connectivity index (χ4v) is 3.70. The largest absolute Gasteiger partial charge is 0.459 e. The lowest BCUT2D eigenvalue weighted by molar-refractivity contribution is 0.0712. The molecule has 2 saturated heterocycles. The molecule has 2 amide bonds. The van der Waals surface area contributed by atoms with E-state index in [1.807, 2.05) is 11.0 Å². The van der Waals surface area contributed by atoms with Crippen LogP contribution < -0.4 is 4.90 Å². The van der Waals surface area contributed by atoms with Gasteiger partial charge in [-0.25, -0.2) is 4.98 Å². The van der Waals surface area contributed by atoms with Gasteiger partial charge in [-0.15, -0.1) is 0 Å². The van der Waals surface area contributed by atoms with Crippen molar-refractivity contribution in [3.8, 4) is 0 Å². The number of piperazine rings is 1. The molecule has 2 aliphatic rings. The molecule has 2 aliphatic heterocycles. The lowest BCUT2D eigenvalue weighted by atomic mass is 10.1. The summed E-state index contributed by atoms with van der Waals surface area (Å²) in [6, 6.07) is 7.07. The molecule has 0 saturated carbocycles. The summed E-state index contributed by atoms with van der Waals surface area (Å²) in [5, 5.41) is 0. The van der Waals surface area contributed by atoms with Crippen LogP contribution in [0.4, 0.5) is 5.82 Å². The van der Waals surface area contributed by atoms with Crippen molar-refractivity contribution >= 4 is 17.6 Å². The van der Waals surface area contributed by atoms with E-state index in [1.165, 1.54) is 12.7 Å². The Balaban J connectivity index is 1.40. The Hall–Kier alpha value is -2.83. The minimum atomic E-state index is -0.0818. The molecule has 4 heterocycles. The predicted molar refractivity (Wildman–Crippen MR) is 101 cm³/mol. The average molecular weight is 368 g/mol. The number of carbonyl (C=O) groups is 2. The van der Waals surface area contributed by atoms with Crippen LogP contribution in [0.2, 0.25) is 0 Å². The summed E-state index contributed by atoms with van der Waals surface area (Å²) < 4.78 is 5.20. The van der Waals surface area contributed by atoms with E-state index in [0.717, 1.165) is 31.7 Å². The Morgan fingerprint density at radius 2 is 1.63 bits per heavy atom. The summed E-state index contributed by atoms with van der Waals surface area (Å²) >= 11 is 0. The molecule has 0 spiro atoms. The van der Waals surface area contributed by atoms with E-state index in [2.05, 4.69) is 9.88 Å². The summed E-state index contributed by atoms with van der Waals surface area (Å²) in [5.41, 5.74) is 0.691. The molecule has 0 aromatic carbocycles. The zero-order chi connectivity index (χ0) is 18.6. The highest BCUT2D eigenvalue weighted by molar-refractivity contribution is 5.95. The Morgan fingerprint density at radius 3 is 2.33 bits per heavy atom. The van der Waals surface area contributed by atoms with Crippen molar-refractivity contribution in [1.29, 1.82) is 0 Å². The first kappa shape index (κ1) is 17.6. The van der Waals surface area contributed by atoms with Gasteiger partial charge in [-0.2, -0.15) is 0 Å². The zero-order valence-electron chi connectivity index (χ0n) is 15.3. The van der Waals surface area contributed by atoms with Gasteiger partial charge in [-0.05, 0) is 43.5 Å². The first-order chi connectivity index (χ1) is 13.2. The number of rotatable bonds is 3. The van der Waals surface area contributed by atoms with Crippen molar-refractivity contribution in [2.75, 3.05) is 44.2 Å². The van der Waals surface area contributed by atoms with E-state index in [9.17, 15) is 9.59 Å². The molecule has 0 atom stereocenters. The molecule has 0 bridgehead atoms. The van der Waals surface area contributed by atoms with Gasteiger partial charge in [0.25, 0.3) is 11.8 Å². The molecular formula is C20H24N4O3. The van der Waals surface area contributed by atoms with E-state index < -0.39 is 0 Å². The second-order valence-electron chi connectivity index (χ2n) is 7.01. The van der Waals surface area contributed by atoms with Gasteiger partial charge >= 0.3 is 0 Å². The number of aromatic nitrogens is 1. The van der Waals surface area contributed by atoms with Crippen molar-refractivity contribution in [2.45, 2.75) is 19.3 Å². The predicted octanol–water partition coefficient (Wildman–Crippen LogP) is 2.26. The first-order valence-electron chi connectivity index (χ1n) is 9.55. The van der Waals surface area contributed by atoms with Crippen LogP contribution in [0.5, 0.6) is 0 Å². The van der Waals surface area contributed by atoms with Crippen LogP contribution in [0.15, 0.2) is 41.1 Å². The van der Waals surface area contributed by atoms with Crippen molar-refractivity contribution in [2.24, 2.45) is 0 Å². The van der Waals surface area contributed by atoms with Gasteiger partial charge in [-0.1, -0.05) is 0 Å². The minimum absolute atomic E-state index is 0.0818. The topological polar surface area (TPSA) is 69.9 Å². The number of likely N-dealkylation sites (tertiary alicyclic amines) is 1. The Labute approximate surface area is 158 Å². The lowest BCUT2D eigenvalue weighted by Gasteiger charge is -2.35. The molecule has 0 radical (unpaired) electrons. The van der Waals surface area contributed by atoms with Crippen LogP contribution in [0.3, 0.4) is 0 Å². The number of hydrogen-bond donors (Lipinski definition) is 0. The molecule has 2 aromatic rings. The number of pyridine rings is 1. The highest BCUT2D eigenvalue weighted by Gasteiger charge is 2.25. The third kappa shape index (κ3) is 3.82. The van der Waals surface area contributed by atoms with Crippen LogP contribution in [0.25, 0.3) is 0 Å². The van der Waals surface area contributed by atoms with E-state index in [1.54, 1.807) is 29.3 Å². The molecule has 142 valence electrons. The maximum atomic E-state index is 12.7. The van der Waals surface area contributed by atoms with Crippen molar-refractivity contribution in [1.82, 2.24) is 14.8 Å². The monoisotopic (exact) mass is 368 g/mol. The Kier molecular flexibility index (Phi) is 5.09. The summed E-state index contributed by atoms with van der Waals surface area (Å²) in [4.78, 5) is 35.4. The number of amides is 2. The van der Waals surface area contributed by atoms with Gasteiger partial charge < -0.3 is 19.1 Å². The lowest BCUT2D eigenvalue weighted by Crippen LogP contribution is -2.49. The van der Waals surface area contributed by atoms with Crippen molar-refractivity contribution in [3.05, 3.63) is 48.0 Å². The third-order valence-corrected chi connectivity index (χ3v) is 5.26. The number of furan rings is 1. The van der Waals surface area contributed by atoms with Crippen LogP contribution in [0, 0.1) is 0 Å². The van der Waals surface area contributed by atoms with Gasteiger partial charge in [0, 0.05) is 51.0 Å². The van der Waals surface area contributed by atoms with Gasteiger partial charge in [0.2, 0.25) is 0 Å². The molecule has 2 fully saturated rings. The molecule has 2 aromatic heterocycles. The average Bonchev–Trinajstić information content (AvgIpc) is 3.28. The minimum Gasteiger partial charge on any atom is -0.459 e. The number of anilines is 1. The Morgan fingerprint density at radius 1 is 0.889 bits per heavy atom. The normalized spacial score (nSPS) is 17.9. The molecule has 0 aliphatic carbocycles. The maximum absolute atomic E-state index is 12.7. The van der Waals surface area contributed by atoms with E-state index in [-0.39, 0.29) is 11.8 Å². The van der Waals surface area contributed by atoms with Crippen molar-refractivity contribution < 1.29 is 14.0 Å². The quantitative estimate of drug-likeness (QED) is 0.831. The number of nitrogens with zero attached hydrogens (tertiary/aromatic N) is 4. The summed E-state index contributed by atoms with van der Waals surface area (Å²) in [6.45, 7) is 4.24. The zero-order valence-corrected chi connectivity index (χ0v) is 15.3. The van der Waals surface area contributed by atoms with E-state index in [0.29, 0.717) is 37.5 Å². The van der Waals surface area contributed by atoms with Gasteiger partial charge in [0.05, 0.1) is 6.26 Å². The van der Waals surface area contributed by atoms with Crippen LogP contribution >= 0.6 is 0 Å². The fourth-order valence-electron chi connectivity index (χ4n) is 3.70. The highest BCUT2D eigenvalue weighted by Crippen LogP contribution is 2.19. The fraction of sp³-hybridized carbons (Fsp3) is 0.450.